The van der Waals surface area contributed by atoms with Crippen molar-refractivity contribution in [3.8, 4) is 44.8 Å². The van der Waals surface area contributed by atoms with Crippen LogP contribution >= 0.6 is 0 Å². The molecule has 0 N–H and O–H groups in total. The molecule has 0 amide bonds. The topological polar surface area (TPSA) is 51.6 Å². The van der Waals surface area contributed by atoms with Crippen LogP contribution in [0.25, 0.3) is 98.9 Å². The smallest absolute Gasteiger partial charge is 0.0716 e. The summed E-state index contributed by atoms with van der Waals surface area (Å²) in [6, 6.07) is 47.1. The Kier molecular flexibility index (Phi) is 5.84. The van der Waals surface area contributed by atoms with E-state index in [1.807, 2.05) is 49.1 Å². The number of aromatic nitrogens is 4. The summed E-state index contributed by atoms with van der Waals surface area (Å²) in [6.45, 7) is 0. The van der Waals surface area contributed by atoms with Crippen LogP contribution in [-0.4, -0.2) is 19.9 Å². The van der Waals surface area contributed by atoms with Crippen molar-refractivity contribution < 1.29 is 0 Å². The normalized spacial score (nSPS) is 11.8. The molecule has 0 unspecified atom stereocenters. The van der Waals surface area contributed by atoms with Crippen molar-refractivity contribution in [3.63, 3.8) is 0 Å². The van der Waals surface area contributed by atoms with E-state index in [0.717, 1.165) is 77.3 Å². The van der Waals surface area contributed by atoms with Gasteiger partial charge in [0, 0.05) is 57.8 Å². The predicted octanol–water partition coefficient (Wildman–Crippen LogP) is 11.1. The molecule has 0 atom stereocenters. The highest BCUT2D eigenvalue weighted by atomic mass is 14.7. The van der Waals surface area contributed by atoms with Crippen molar-refractivity contribution in [3.05, 3.63) is 158 Å². The van der Waals surface area contributed by atoms with Crippen LogP contribution in [-0.2, 0) is 0 Å². The van der Waals surface area contributed by atoms with E-state index in [-0.39, 0.29) is 0 Å². The third-order valence-corrected chi connectivity index (χ3v) is 9.59. The molecule has 0 saturated carbocycles. The predicted molar refractivity (Wildman–Crippen MR) is 198 cm³/mol. The maximum absolute atomic E-state index is 5.18. The summed E-state index contributed by atoms with van der Waals surface area (Å²) >= 11 is 0. The average Bonchev–Trinajstić information content (AvgIpc) is 3.16. The molecule has 222 valence electrons. The number of nitrogens with zero attached hydrogens (tertiary/aromatic N) is 4. The van der Waals surface area contributed by atoms with E-state index in [2.05, 4.69) is 114 Å². The summed E-state index contributed by atoms with van der Waals surface area (Å²) in [6.07, 6.45) is 7.66. The fourth-order valence-electron chi connectivity index (χ4n) is 7.37. The van der Waals surface area contributed by atoms with Gasteiger partial charge in [-0.05, 0) is 98.0 Å². The van der Waals surface area contributed by atoms with E-state index in [0.29, 0.717) is 0 Å². The maximum atomic E-state index is 5.18. The Morgan fingerprint density at radius 3 is 1.79 bits per heavy atom. The molecule has 4 heteroatoms. The van der Waals surface area contributed by atoms with Gasteiger partial charge in [-0.25, -0.2) is 4.98 Å². The van der Waals surface area contributed by atoms with Gasteiger partial charge in [0.25, 0.3) is 0 Å². The minimum Gasteiger partial charge on any atom is -0.264 e. The Balaban J connectivity index is 1.37. The first-order valence-electron chi connectivity index (χ1n) is 16.1. The Bertz CT molecular complexity index is 2630. The Labute approximate surface area is 276 Å². The number of para-hydroxylation sites is 2. The molecule has 10 aromatic rings. The zero-order valence-electron chi connectivity index (χ0n) is 25.8. The fraction of sp³-hybridized carbons (Fsp3) is 0. The van der Waals surface area contributed by atoms with Gasteiger partial charge in [-0.15, -0.1) is 0 Å². The van der Waals surface area contributed by atoms with Crippen LogP contribution in [0.4, 0.5) is 0 Å². The average molecular weight is 611 g/mol. The molecular weight excluding hydrogens is 585 g/mol. The Hall–Kier alpha value is -6.52. The second-order valence-corrected chi connectivity index (χ2v) is 12.3. The van der Waals surface area contributed by atoms with E-state index in [9.17, 15) is 0 Å². The molecular formula is C44H26N4. The van der Waals surface area contributed by atoms with Gasteiger partial charge in [-0.2, -0.15) is 0 Å². The molecule has 48 heavy (non-hydrogen) atoms. The van der Waals surface area contributed by atoms with E-state index < -0.39 is 0 Å². The minimum atomic E-state index is 0.934. The third-order valence-electron chi connectivity index (χ3n) is 9.59. The second-order valence-electron chi connectivity index (χ2n) is 12.3. The molecule has 0 bridgehead atoms. The van der Waals surface area contributed by atoms with E-state index in [1.165, 1.54) is 21.5 Å². The van der Waals surface area contributed by atoms with Crippen molar-refractivity contribution in [2.24, 2.45) is 0 Å². The van der Waals surface area contributed by atoms with Crippen molar-refractivity contribution in [1.29, 1.82) is 0 Å². The van der Waals surface area contributed by atoms with Crippen molar-refractivity contribution in [2.45, 2.75) is 0 Å². The van der Waals surface area contributed by atoms with Crippen LogP contribution in [0.1, 0.15) is 0 Å². The molecule has 0 aliphatic rings. The molecule has 0 spiro atoms. The number of hydrogen-bond donors (Lipinski definition) is 0. The lowest BCUT2D eigenvalue weighted by Crippen LogP contribution is -1.96. The third kappa shape index (κ3) is 4.10. The van der Waals surface area contributed by atoms with Crippen LogP contribution in [0.2, 0.25) is 0 Å². The lowest BCUT2D eigenvalue weighted by molar-refractivity contribution is 1.33. The van der Waals surface area contributed by atoms with Gasteiger partial charge in [-0.1, -0.05) is 78.9 Å². The molecule has 4 aromatic heterocycles. The summed E-state index contributed by atoms with van der Waals surface area (Å²) in [5, 5.41) is 9.36. The highest BCUT2D eigenvalue weighted by Gasteiger charge is 2.22. The van der Waals surface area contributed by atoms with Gasteiger partial charge in [0.05, 0.1) is 22.4 Å². The highest BCUT2D eigenvalue weighted by Crippen LogP contribution is 2.48. The maximum Gasteiger partial charge on any atom is 0.0716 e. The zero-order valence-corrected chi connectivity index (χ0v) is 25.8. The number of hydrogen-bond acceptors (Lipinski definition) is 4. The first kappa shape index (κ1) is 26.7. The highest BCUT2D eigenvalue weighted by molar-refractivity contribution is 6.31. The largest absolute Gasteiger partial charge is 0.264 e. The van der Waals surface area contributed by atoms with E-state index in [4.69, 9.17) is 15.0 Å². The van der Waals surface area contributed by atoms with Crippen molar-refractivity contribution in [1.82, 2.24) is 19.9 Å². The van der Waals surface area contributed by atoms with Crippen molar-refractivity contribution in [2.75, 3.05) is 0 Å². The van der Waals surface area contributed by atoms with Gasteiger partial charge in [0.15, 0.2) is 0 Å². The summed E-state index contributed by atoms with van der Waals surface area (Å²) in [5.41, 5.74) is 10.4. The van der Waals surface area contributed by atoms with Gasteiger partial charge in [0.2, 0.25) is 0 Å². The fourth-order valence-corrected chi connectivity index (χ4v) is 7.37. The van der Waals surface area contributed by atoms with Crippen molar-refractivity contribution >= 4 is 54.1 Å². The van der Waals surface area contributed by atoms with Crippen LogP contribution in [0.3, 0.4) is 0 Å². The standard InChI is InChI=1S/C44H26N4/c1-4-12-40-27(8-1)14-19-42(48-40)38-24-37(41-13-5-6-21-46-41)33-17-15-31-35(29-10-7-20-45-25-29)23-36(32-16-18-34(38)44(33)43(31)32)30-22-28-9-2-3-11-39(28)47-26-30/h1-26H. The molecule has 0 saturated heterocycles. The van der Waals surface area contributed by atoms with Crippen LogP contribution in [0.15, 0.2) is 158 Å². The quantitative estimate of drug-likeness (QED) is 0.186. The first-order valence-corrected chi connectivity index (χ1v) is 16.1. The van der Waals surface area contributed by atoms with Crippen LogP contribution in [0, 0.1) is 0 Å². The lowest BCUT2D eigenvalue weighted by atomic mass is 9.83. The summed E-state index contributed by atoms with van der Waals surface area (Å²) in [4.78, 5) is 19.4. The number of fused-ring (bicyclic) bond motifs is 2. The molecule has 6 aromatic carbocycles. The molecule has 0 aliphatic carbocycles. The minimum absolute atomic E-state index is 0.934. The summed E-state index contributed by atoms with van der Waals surface area (Å²) in [5.74, 6) is 0. The molecule has 10 rings (SSSR count). The summed E-state index contributed by atoms with van der Waals surface area (Å²) < 4.78 is 0. The number of pyridine rings is 4. The van der Waals surface area contributed by atoms with Gasteiger partial charge < -0.3 is 0 Å². The van der Waals surface area contributed by atoms with Gasteiger partial charge in [-0.3, -0.25) is 15.0 Å². The Morgan fingerprint density at radius 1 is 0.375 bits per heavy atom. The molecule has 0 fully saturated rings. The summed E-state index contributed by atoms with van der Waals surface area (Å²) in [7, 11) is 0. The van der Waals surface area contributed by atoms with Gasteiger partial charge in [0.1, 0.15) is 0 Å². The molecule has 0 radical (unpaired) electrons. The zero-order chi connectivity index (χ0) is 31.6. The Morgan fingerprint density at radius 2 is 1.04 bits per heavy atom. The first-order chi connectivity index (χ1) is 23.8. The molecule has 4 heterocycles. The molecule has 0 aliphatic heterocycles. The number of benzene rings is 6. The van der Waals surface area contributed by atoms with E-state index >= 15 is 0 Å². The lowest BCUT2D eigenvalue weighted by Gasteiger charge is -2.21. The molecule has 4 nitrogen and oxygen atoms in total. The number of rotatable bonds is 4. The monoisotopic (exact) mass is 610 g/mol. The second kappa shape index (κ2) is 10.5. The van der Waals surface area contributed by atoms with Crippen LogP contribution < -0.4 is 0 Å². The SMILES string of the molecule is c1ccc(-c2cc(-c3ccc4ccccc4n3)c3ccc4c(-c5cnc6ccccc6c5)cc(-c5cccnc5)c5ccc2c3c54)nc1. The van der Waals surface area contributed by atoms with E-state index in [1.54, 1.807) is 0 Å². The van der Waals surface area contributed by atoms with Gasteiger partial charge >= 0.3 is 0 Å². The van der Waals surface area contributed by atoms with Crippen LogP contribution in [0.5, 0.6) is 0 Å².